The number of pyridine rings is 1. The number of aromatic nitrogens is 1. The lowest BCUT2D eigenvalue weighted by atomic mass is 9.91. The first-order valence-electron chi connectivity index (χ1n) is 11.8. The zero-order valence-electron chi connectivity index (χ0n) is 20.6. The van der Waals surface area contributed by atoms with Gasteiger partial charge in [-0.3, -0.25) is 14.6 Å². The van der Waals surface area contributed by atoms with Crippen LogP contribution in [0.25, 0.3) is 10.9 Å². The molecule has 1 aliphatic carbocycles. The number of aromatic hydroxyl groups is 1. The predicted molar refractivity (Wildman–Crippen MR) is 136 cm³/mol. The summed E-state index contributed by atoms with van der Waals surface area (Å²) in [5.74, 6) is 1.83. The number of phenols is 1. The lowest BCUT2D eigenvalue weighted by Crippen LogP contribution is -2.15. The number of benzene rings is 1. The van der Waals surface area contributed by atoms with Crippen LogP contribution in [0.15, 0.2) is 36.3 Å². The maximum Gasteiger partial charge on any atom is 0.302 e. The topological polar surface area (TPSA) is 88.5 Å². The first-order chi connectivity index (χ1) is 16.9. The second-order valence-corrected chi connectivity index (χ2v) is 8.13. The van der Waals surface area contributed by atoms with Gasteiger partial charge in [-0.1, -0.05) is 18.9 Å². The number of allylic oxidation sites excluding steroid dienone is 4. The van der Waals surface area contributed by atoms with Gasteiger partial charge in [-0.2, -0.15) is 0 Å². The number of aryl methyl sites for hydroxylation is 1. The zero-order chi connectivity index (χ0) is 25.8. The third kappa shape index (κ3) is 8.04. The molecular formula is C28H33FN2O4. The number of aldehydes is 1. The van der Waals surface area contributed by atoms with Gasteiger partial charge >= 0.3 is 5.97 Å². The molecule has 0 spiro atoms. The van der Waals surface area contributed by atoms with E-state index in [-0.39, 0.29) is 11.7 Å². The average molecular weight is 481 g/mol. The van der Waals surface area contributed by atoms with Crippen LogP contribution in [0.5, 0.6) is 5.75 Å². The highest BCUT2D eigenvalue weighted by molar-refractivity contribution is 5.98. The molecule has 3 rings (SSSR count). The lowest BCUT2D eigenvalue weighted by molar-refractivity contribution is -0.140. The summed E-state index contributed by atoms with van der Waals surface area (Å²) in [6, 6.07) is 2.04. The largest absolute Gasteiger partial charge is 0.505 e. The van der Waals surface area contributed by atoms with Crippen LogP contribution in [-0.4, -0.2) is 35.5 Å². The molecule has 186 valence electrons. The second kappa shape index (κ2) is 14.0. The maximum atomic E-state index is 13.3. The quantitative estimate of drug-likeness (QED) is 0.208. The first-order valence-corrected chi connectivity index (χ1v) is 11.8. The molecule has 1 fully saturated rings. The fourth-order valence-corrected chi connectivity index (χ4v) is 3.80. The van der Waals surface area contributed by atoms with Gasteiger partial charge in [0.25, 0.3) is 0 Å². The zero-order valence-corrected chi connectivity index (χ0v) is 20.6. The highest BCUT2D eigenvalue weighted by Crippen LogP contribution is 2.47. The van der Waals surface area contributed by atoms with Gasteiger partial charge in [-0.25, -0.2) is 4.39 Å². The van der Waals surface area contributed by atoms with Crippen molar-refractivity contribution in [2.75, 3.05) is 13.2 Å². The van der Waals surface area contributed by atoms with Crippen LogP contribution in [0, 0.1) is 12.3 Å². The molecule has 6 nitrogen and oxygen atoms in total. The van der Waals surface area contributed by atoms with E-state index in [1.54, 1.807) is 19.2 Å². The Morgan fingerprint density at radius 2 is 2.14 bits per heavy atom. The minimum atomic E-state index is -0.445. The molecule has 1 aliphatic rings. The van der Waals surface area contributed by atoms with E-state index in [9.17, 15) is 19.1 Å². The number of hydrogen-bond acceptors (Lipinski definition) is 6. The number of terminal acetylenes is 1. The summed E-state index contributed by atoms with van der Waals surface area (Å²) in [4.78, 5) is 26.0. The van der Waals surface area contributed by atoms with Gasteiger partial charge in [0.15, 0.2) is 12.0 Å². The summed E-state index contributed by atoms with van der Waals surface area (Å²) < 4.78 is 17.7. The minimum Gasteiger partial charge on any atom is -0.505 e. The lowest BCUT2D eigenvalue weighted by Gasteiger charge is -2.17. The summed E-state index contributed by atoms with van der Waals surface area (Å²) in [5, 5.41) is 14.9. The Bertz CT molecular complexity index is 1140. The Balaban J connectivity index is 0.000000641. The van der Waals surface area contributed by atoms with E-state index in [0.717, 1.165) is 53.8 Å². The van der Waals surface area contributed by atoms with Crippen LogP contribution in [0.2, 0.25) is 0 Å². The number of nitrogens with zero attached hydrogens (tertiary/aromatic N) is 1. The van der Waals surface area contributed by atoms with Crippen LogP contribution in [0.4, 0.5) is 4.39 Å². The Labute approximate surface area is 206 Å². The number of ether oxygens (including phenoxy) is 1. The van der Waals surface area contributed by atoms with E-state index in [4.69, 9.17) is 6.42 Å². The molecule has 2 aromatic rings. The summed E-state index contributed by atoms with van der Waals surface area (Å²) in [6.45, 7) is 6.97. The second-order valence-electron chi connectivity index (χ2n) is 8.13. The van der Waals surface area contributed by atoms with Crippen molar-refractivity contribution in [2.45, 2.75) is 58.9 Å². The normalized spacial score (nSPS) is 13.3. The first kappa shape index (κ1) is 27.7. The molecular weight excluding hydrogens is 447 g/mol. The Morgan fingerprint density at radius 3 is 2.69 bits per heavy atom. The van der Waals surface area contributed by atoms with Crippen LogP contribution < -0.4 is 5.32 Å². The minimum absolute atomic E-state index is 0.0553. The molecule has 0 radical (unpaired) electrons. The van der Waals surface area contributed by atoms with Gasteiger partial charge in [-0.05, 0) is 73.9 Å². The molecule has 0 atom stereocenters. The number of phenolic OH excluding ortho intramolecular Hbond substituents is 1. The van der Waals surface area contributed by atoms with Crippen molar-refractivity contribution in [3.63, 3.8) is 0 Å². The van der Waals surface area contributed by atoms with E-state index in [0.29, 0.717) is 43.0 Å². The van der Waals surface area contributed by atoms with Crippen molar-refractivity contribution < 1.29 is 23.8 Å². The molecule has 0 aliphatic heterocycles. The van der Waals surface area contributed by atoms with Crippen molar-refractivity contribution in [1.29, 1.82) is 0 Å². The molecule has 0 saturated heterocycles. The Morgan fingerprint density at radius 1 is 1.40 bits per heavy atom. The van der Waals surface area contributed by atoms with Crippen LogP contribution >= 0.6 is 0 Å². The number of halogens is 1. The van der Waals surface area contributed by atoms with Crippen molar-refractivity contribution in [3.8, 4) is 18.1 Å². The molecule has 1 aromatic carbocycles. The van der Waals surface area contributed by atoms with Crippen LogP contribution in [0.3, 0.4) is 0 Å². The number of rotatable bonds is 10. The predicted octanol–water partition coefficient (Wildman–Crippen LogP) is 5.28. The van der Waals surface area contributed by atoms with Gasteiger partial charge in [0, 0.05) is 31.1 Å². The van der Waals surface area contributed by atoms with E-state index in [1.165, 1.54) is 13.0 Å². The van der Waals surface area contributed by atoms with Gasteiger partial charge in [0.1, 0.15) is 11.3 Å². The molecule has 35 heavy (non-hydrogen) atoms. The maximum absolute atomic E-state index is 13.3. The molecule has 2 N–H and O–H groups in total. The smallest absolute Gasteiger partial charge is 0.302 e. The average Bonchev–Trinajstić information content (AvgIpc) is 3.66. The molecule has 1 saturated carbocycles. The van der Waals surface area contributed by atoms with E-state index < -0.39 is 5.83 Å². The third-order valence-corrected chi connectivity index (χ3v) is 5.46. The van der Waals surface area contributed by atoms with E-state index in [2.05, 4.69) is 21.0 Å². The van der Waals surface area contributed by atoms with Crippen molar-refractivity contribution in [2.24, 2.45) is 0 Å². The summed E-state index contributed by atoms with van der Waals surface area (Å²) in [5.41, 5.74) is 3.79. The van der Waals surface area contributed by atoms with Gasteiger partial charge < -0.3 is 15.2 Å². The highest BCUT2D eigenvalue weighted by Gasteiger charge is 2.31. The molecule has 0 amide bonds. The molecule has 1 aromatic heterocycles. The fourth-order valence-electron chi connectivity index (χ4n) is 3.80. The summed E-state index contributed by atoms with van der Waals surface area (Å²) in [7, 11) is 0. The number of hydrogen-bond donors (Lipinski definition) is 2. The van der Waals surface area contributed by atoms with E-state index in [1.807, 2.05) is 13.0 Å². The number of carbonyl (C=O) groups is 2. The molecule has 7 heteroatoms. The Kier molecular flexibility index (Phi) is 11.1. The Hall–Kier alpha value is -3.50. The standard InChI is InChI=1S/C24H25FN2O2.C4H8O2/c1-3-7-18(25)9-6-5-8-16-12-19-22(17-10-11-17)20(14-26-4-2)21(15-28)24(29)23(19)27-13-16;1-3-6-4(2)5/h1,6-7,9,12-13,15,17,26,29H,4-5,8,10-11,14H2,2H3;3H2,1-2H3/b9-6-,18-7+;. The van der Waals surface area contributed by atoms with Gasteiger partial charge in [0.05, 0.1) is 12.2 Å². The fraction of sp³-hybridized carbons (Fsp3) is 0.393. The number of esters is 1. The van der Waals surface area contributed by atoms with Crippen LogP contribution in [-0.2, 0) is 22.5 Å². The van der Waals surface area contributed by atoms with Gasteiger partial charge in [-0.15, -0.1) is 6.42 Å². The van der Waals surface area contributed by atoms with Gasteiger partial charge in [0.2, 0.25) is 0 Å². The highest BCUT2D eigenvalue weighted by atomic mass is 19.1. The third-order valence-electron chi connectivity index (χ3n) is 5.46. The number of carbonyl (C=O) groups excluding carboxylic acids is 2. The molecule has 1 heterocycles. The molecule has 0 bridgehead atoms. The number of nitrogens with one attached hydrogen (secondary N) is 1. The monoisotopic (exact) mass is 480 g/mol. The van der Waals surface area contributed by atoms with Crippen molar-refractivity contribution in [1.82, 2.24) is 10.3 Å². The summed E-state index contributed by atoms with van der Waals surface area (Å²) >= 11 is 0. The van der Waals surface area contributed by atoms with Crippen molar-refractivity contribution in [3.05, 3.63) is 58.6 Å². The van der Waals surface area contributed by atoms with Crippen LogP contribution in [0.1, 0.15) is 73.0 Å². The van der Waals surface area contributed by atoms with E-state index >= 15 is 0 Å². The van der Waals surface area contributed by atoms with Crippen molar-refractivity contribution >= 4 is 23.2 Å². The number of fused-ring (bicyclic) bond motifs is 1. The molecule has 0 unspecified atom stereocenters. The summed E-state index contributed by atoms with van der Waals surface area (Å²) in [6.07, 6.45) is 15.1. The SMILES string of the molecule is C#C/C=C(F)\C=C/CCc1cnc2c(O)c(C=O)c(CNCC)c(C3CC3)c2c1.CCOC(C)=O.